The second-order valence-corrected chi connectivity index (χ2v) is 6.47. The van der Waals surface area contributed by atoms with Gasteiger partial charge in [-0.05, 0) is 24.7 Å². The minimum atomic E-state index is -0.660. The van der Waals surface area contributed by atoms with Gasteiger partial charge in [-0.3, -0.25) is 4.90 Å². The normalized spacial score (nSPS) is 20.1. The minimum Gasteiger partial charge on any atom is -0.388 e. The number of hydrogen-bond donors (Lipinski definition) is 2. The van der Waals surface area contributed by atoms with Gasteiger partial charge in [0.1, 0.15) is 0 Å². The molecule has 5 heteroatoms. The number of hydrogen-bond acceptors (Lipinski definition) is 4. The zero-order chi connectivity index (χ0) is 14.6. The molecule has 3 N–H and O–H groups in total. The molecule has 1 aliphatic heterocycles. The molecule has 2 rings (SSSR count). The molecule has 0 aliphatic carbocycles. The quantitative estimate of drug-likeness (QED) is 0.858. The molecule has 0 amide bonds. The Labute approximate surface area is 129 Å². The van der Waals surface area contributed by atoms with E-state index in [9.17, 15) is 5.11 Å². The van der Waals surface area contributed by atoms with Crippen LogP contribution in [0.5, 0.6) is 0 Å². The van der Waals surface area contributed by atoms with Gasteiger partial charge < -0.3 is 15.6 Å². The summed E-state index contributed by atoms with van der Waals surface area (Å²) in [4.78, 5) is 2.15. The number of nitrogens with zero attached hydrogens (tertiary/aromatic N) is 1. The monoisotopic (exact) mass is 342 g/mol. The molecule has 1 aromatic carbocycles. The summed E-state index contributed by atoms with van der Waals surface area (Å²) in [7, 11) is 2.02. The number of aliphatic hydroxyl groups is 1. The second kappa shape index (κ2) is 7.00. The maximum Gasteiger partial charge on any atom is 0.0818 e. The van der Waals surface area contributed by atoms with E-state index in [2.05, 4.69) is 33.0 Å². The lowest BCUT2D eigenvalue weighted by atomic mass is 9.92. The standard InChI is InChI=1S/C15H23BrN2O2/c1-18(11-15(19)5-7-20-8-6-15)14(10-17)12-3-2-4-13(16)9-12/h2-4,9,14,19H,5-8,10-11,17H2,1H3. The Hall–Kier alpha value is -0.460. The van der Waals surface area contributed by atoms with Crippen LogP contribution in [0, 0.1) is 0 Å². The van der Waals surface area contributed by atoms with Gasteiger partial charge in [0.2, 0.25) is 0 Å². The first-order valence-corrected chi connectivity index (χ1v) is 7.79. The molecule has 1 aromatic rings. The van der Waals surface area contributed by atoms with Crippen LogP contribution in [0.15, 0.2) is 28.7 Å². The van der Waals surface area contributed by atoms with Crippen molar-refractivity contribution in [3.63, 3.8) is 0 Å². The van der Waals surface area contributed by atoms with Crippen molar-refractivity contribution in [3.05, 3.63) is 34.3 Å². The molecule has 0 spiro atoms. The lowest BCUT2D eigenvalue weighted by Crippen LogP contribution is -2.47. The Morgan fingerprint density at radius 3 is 2.75 bits per heavy atom. The highest BCUT2D eigenvalue weighted by Crippen LogP contribution is 2.27. The average molecular weight is 343 g/mol. The molecule has 1 unspecified atom stereocenters. The summed E-state index contributed by atoms with van der Waals surface area (Å²) < 4.78 is 6.37. The van der Waals surface area contributed by atoms with Crippen LogP contribution in [0.3, 0.4) is 0 Å². The molecule has 1 fully saturated rings. The zero-order valence-corrected chi connectivity index (χ0v) is 13.5. The van der Waals surface area contributed by atoms with Crippen LogP contribution in [0.25, 0.3) is 0 Å². The highest BCUT2D eigenvalue weighted by Gasteiger charge is 2.32. The van der Waals surface area contributed by atoms with Gasteiger partial charge in [0.25, 0.3) is 0 Å². The van der Waals surface area contributed by atoms with E-state index >= 15 is 0 Å². The van der Waals surface area contributed by atoms with Crippen molar-refractivity contribution in [2.24, 2.45) is 5.73 Å². The second-order valence-electron chi connectivity index (χ2n) is 5.56. The summed E-state index contributed by atoms with van der Waals surface area (Å²) in [6, 6.07) is 8.29. The third kappa shape index (κ3) is 4.02. The molecular weight excluding hydrogens is 320 g/mol. The van der Waals surface area contributed by atoms with Crippen LogP contribution in [-0.4, -0.2) is 49.0 Å². The van der Waals surface area contributed by atoms with Gasteiger partial charge in [-0.15, -0.1) is 0 Å². The molecule has 4 nitrogen and oxygen atoms in total. The first kappa shape index (κ1) is 15.9. The molecule has 0 saturated carbocycles. The molecule has 112 valence electrons. The number of ether oxygens (including phenoxy) is 1. The Balaban J connectivity index is 2.07. The van der Waals surface area contributed by atoms with Crippen molar-refractivity contribution in [1.82, 2.24) is 4.90 Å². The van der Waals surface area contributed by atoms with Gasteiger partial charge in [-0.2, -0.15) is 0 Å². The summed E-state index contributed by atoms with van der Waals surface area (Å²) in [5.74, 6) is 0. The van der Waals surface area contributed by atoms with Crippen LogP contribution >= 0.6 is 15.9 Å². The maximum absolute atomic E-state index is 10.6. The summed E-state index contributed by atoms with van der Waals surface area (Å²) in [5.41, 5.74) is 6.45. The average Bonchev–Trinajstić information content (AvgIpc) is 2.39. The molecule has 1 atom stereocenters. The minimum absolute atomic E-state index is 0.111. The van der Waals surface area contributed by atoms with E-state index < -0.39 is 5.60 Å². The Morgan fingerprint density at radius 2 is 2.15 bits per heavy atom. The van der Waals surface area contributed by atoms with E-state index in [1.807, 2.05) is 19.2 Å². The first-order valence-electron chi connectivity index (χ1n) is 7.00. The van der Waals surface area contributed by atoms with Crippen molar-refractivity contribution in [1.29, 1.82) is 0 Å². The number of likely N-dealkylation sites (N-methyl/N-ethyl adjacent to an activating group) is 1. The fourth-order valence-corrected chi connectivity index (χ4v) is 3.19. The van der Waals surface area contributed by atoms with Gasteiger partial charge in [0, 0.05) is 49.7 Å². The fourth-order valence-electron chi connectivity index (χ4n) is 2.77. The predicted octanol–water partition coefficient (Wildman–Crippen LogP) is 1.92. The predicted molar refractivity (Wildman–Crippen MR) is 83.6 cm³/mol. The SMILES string of the molecule is CN(CC1(O)CCOCC1)C(CN)c1cccc(Br)c1. The molecule has 0 radical (unpaired) electrons. The fraction of sp³-hybridized carbons (Fsp3) is 0.600. The van der Waals surface area contributed by atoms with Crippen LogP contribution < -0.4 is 5.73 Å². The number of benzene rings is 1. The molecule has 20 heavy (non-hydrogen) atoms. The van der Waals surface area contributed by atoms with Crippen LogP contribution in [0.1, 0.15) is 24.4 Å². The van der Waals surface area contributed by atoms with Crippen molar-refractivity contribution in [2.45, 2.75) is 24.5 Å². The summed E-state index contributed by atoms with van der Waals surface area (Å²) >= 11 is 3.49. The Bertz CT molecular complexity index is 436. The molecule has 0 aromatic heterocycles. The molecule has 0 bridgehead atoms. The van der Waals surface area contributed by atoms with Gasteiger partial charge in [-0.25, -0.2) is 0 Å². The largest absolute Gasteiger partial charge is 0.388 e. The lowest BCUT2D eigenvalue weighted by Gasteiger charge is -2.38. The van der Waals surface area contributed by atoms with Gasteiger partial charge in [0.15, 0.2) is 0 Å². The van der Waals surface area contributed by atoms with E-state index in [1.54, 1.807) is 0 Å². The van der Waals surface area contributed by atoms with Gasteiger partial charge in [-0.1, -0.05) is 28.1 Å². The van der Waals surface area contributed by atoms with Crippen LogP contribution in [0.2, 0.25) is 0 Å². The van der Waals surface area contributed by atoms with E-state index in [1.165, 1.54) is 5.56 Å². The van der Waals surface area contributed by atoms with Crippen molar-refractivity contribution < 1.29 is 9.84 Å². The lowest BCUT2D eigenvalue weighted by molar-refractivity contribution is -0.0812. The highest BCUT2D eigenvalue weighted by atomic mass is 79.9. The summed E-state index contributed by atoms with van der Waals surface area (Å²) in [6.07, 6.45) is 1.38. The number of nitrogens with two attached hydrogens (primary N) is 1. The maximum atomic E-state index is 10.6. The van der Waals surface area contributed by atoms with E-state index in [4.69, 9.17) is 10.5 Å². The van der Waals surface area contributed by atoms with E-state index in [0.29, 0.717) is 39.1 Å². The number of halogens is 1. The summed E-state index contributed by atoms with van der Waals surface area (Å²) in [6.45, 7) is 2.41. The Kier molecular flexibility index (Phi) is 5.57. The Morgan fingerprint density at radius 1 is 1.45 bits per heavy atom. The van der Waals surface area contributed by atoms with E-state index in [-0.39, 0.29) is 6.04 Å². The molecule has 1 saturated heterocycles. The zero-order valence-electron chi connectivity index (χ0n) is 11.9. The highest BCUT2D eigenvalue weighted by molar-refractivity contribution is 9.10. The van der Waals surface area contributed by atoms with Crippen LogP contribution in [0.4, 0.5) is 0 Å². The topological polar surface area (TPSA) is 58.7 Å². The van der Waals surface area contributed by atoms with Crippen molar-refractivity contribution in [2.75, 3.05) is 33.4 Å². The van der Waals surface area contributed by atoms with Crippen molar-refractivity contribution >= 4 is 15.9 Å². The smallest absolute Gasteiger partial charge is 0.0818 e. The molecule has 1 heterocycles. The van der Waals surface area contributed by atoms with E-state index in [0.717, 1.165) is 4.47 Å². The first-order chi connectivity index (χ1) is 9.54. The van der Waals surface area contributed by atoms with Gasteiger partial charge >= 0.3 is 0 Å². The third-order valence-corrected chi connectivity index (χ3v) is 4.45. The van der Waals surface area contributed by atoms with Crippen molar-refractivity contribution in [3.8, 4) is 0 Å². The number of rotatable bonds is 5. The molecule has 1 aliphatic rings. The van der Waals surface area contributed by atoms with Gasteiger partial charge in [0.05, 0.1) is 5.60 Å². The third-order valence-electron chi connectivity index (χ3n) is 3.96. The summed E-state index contributed by atoms with van der Waals surface area (Å²) in [5, 5.41) is 10.6. The van der Waals surface area contributed by atoms with Crippen LogP contribution in [-0.2, 0) is 4.74 Å². The molecular formula is C15H23BrN2O2.